The van der Waals surface area contributed by atoms with Crippen molar-refractivity contribution in [3.8, 4) is 0 Å². The van der Waals surface area contributed by atoms with Crippen molar-refractivity contribution in [1.82, 2.24) is 0 Å². The number of rotatable bonds is 7. The molecule has 0 aromatic heterocycles. The second-order valence-electron chi connectivity index (χ2n) is 5.49. The molecule has 1 fully saturated rings. The van der Waals surface area contributed by atoms with Gasteiger partial charge in [-0.3, -0.25) is 0 Å². The molecule has 2 N–H and O–H groups in total. The van der Waals surface area contributed by atoms with Gasteiger partial charge in [-0.15, -0.1) is 0 Å². The summed E-state index contributed by atoms with van der Waals surface area (Å²) in [5, 5.41) is 0. The van der Waals surface area contributed by atoms with E-state index in [-0.39, 0.29) is 23.5 Å². The van der Waals surface area contributed by atoms with E-state index in [0.717, 1.165) is 5.56 Å². The van der Waals surface area contributed by atoms with Gasteiger partial charge in [0.25, 0.3) is 0 Å². The zero-order valence-corrected chi connectivity index (χ0v) is 15.0. The number of carbonyl (C=O) groups excluding carboxylic acids is 1. The molecule has 25 heavy (non-hydrogen) atoms. The maximum atomic E-state index is 11.6. The molecule has 5 nitrogen and oxygen atoms in total. The molecule has 1 aliphatic heterocycles. The third-order valence-electron chi connectivity index (χ3n) is 3.80. The predicted octanol–water partition coefficient (Wildman–Crippen LogP) is 1.94. The van der Waals surface area contributed by atoms with Crippen LogP contribution in [0.3, 0.4) is 0 Å². The fourth-order valence-electron chi connectivity index (χ4n) is 2.44. The minimum absolute atomic E-state index is 0. The van der Waals surface area contributed by atoms with Gasteiger partial charge in [0.2, 0.25) is 0 Å². The van der Waals surface area contributed by atoms with E-state index in [0.29, 0.717) is 36.3 Å². The fraction of sp³-hybridized carbons (Fsp3) is 0.368. The molecule has 6 heteroatoms. The Kier molecular flexibility index (Phi) is 9.54. The summed E-state index contributed by atoms with van der Waals surface area (Å²) < 4.78 is 16.3. The zero-order chi connectivity index (χ0) is 17.4. The predicted molar refractivity (Wildman–Crippen MR) is 91.3 cm³/mol. The first-order chi connectivity index (χ1) is 11.6. The average molecular weight is 390 g/mol. The van der Waals surface area contributed by atoms with Gasteiger partial charge in [-0.1, -0.05) is 0 Å². The van der Waals surface area contributed by atoms with E-state index in [2.05, 4.69) is 0 Å². The van der Waals surface area contributed by atoms with Crippen LogP contribution in [0.15, 0.2) is 48.1 Å². The van der Waals surface area contributed by atoms with Crippen molar-refractivity contribution in [1.29, 1.82) is 0 Å². The molecule has 1 aromatic rings. The number of hydrogen-bond donors (Lipinski definition) is 0. The Labute approximate surface area is 155 Å². The van der Waals surface area contributed by atoms with Crippen molar-refractivity contribution in [3.05, 3.63) is 60.2 Å². The van der Waals surface area contributed by atoms with E-state index in [1.54, 1.807) is 12.2 Å². The van der Waals surface area contributed by atoms with Crippen LogP contribution in [0.1, 0.15) is 18.4 Å². The molecular formula is C19H23NiO5-. The Morgan fingerprint density at radius 2 is 2.08 bits per heavy atom. The van der Waals surface area contributed by atoms with Crippen LogP contribution < -0.4 is 0 Å². The standard InChI is InChI=1S/C19H21O4.Ni.H2O/c1-15(18-13-17(10-12-23-18)19(20)21-2)7-6-11-22-14-16-8-4-3-5-9-16;;/h1,3-9,17-18H,10,12-14H2,2H3;;1H2/q-1;;/b7-6-;;/t17-,18+;;/m0../s1. The first kappa shape index (κ1) is 21.5. The van der Waals surface area contributed by atoms with Gasteiger partial charge in [-0.2, -0.15) is 0 Å². The van der Waals surface area contributed by atoms with E-state index in [9.17, 15) is 4.79 Å². The molecule has 0 aliphatic carbocycles. The molecule has 0 unspecified atom stereocenters. The molecular weight excluding hydrogens is 367 g/mol. The van der Waals surface area contributed by atoms with E-state index in [4.69, 9.17) is 35.8 Å². The third kappa shape index (κ3) is 7.04. The molecule has 2 rings (SSSR count). The molecule has 0 saturated carbocycles. The Balaban J connectivity index is 0.00000312. The summed E-state index contributed by atoms with van der Waals surface area (Å²) in [6.07, 6.45) is 4.21. The first-order valence-corrected chi connectivity index (χ1v) is 8.25. The topological polar surface area (TPSA) is 76.3 Å². The summed E-state index contributed by atoms with van der Waals surface area (Å²) in [5.41, 5.74) is 1.58. The molecule has 1 aliphatic rings. The molecule has 2 atom stereocenters. The van der Waals surface area contributed by atoms with Crippen molar-refractivity contribution < 1.29 is 39.5 Å². The molecule has 140 valence electrons. The Morgan fingerprint density at radius 3 is 2.76 bits per heavy atom. The zero-order valence-electron chi connectivity index (χ0n) is 14.1. The van der Waals surface area contributed by atoms with Gasteiger partial charge >= 0.3 is 150 Å². The summed E-state index contributed by atoms with van der Waals surface area (Å²) in [7, 11) is 1.39. The van der Waals surface area contributed by atoms with Crippen molar-refractivity contribution in [2.45, 2.75) is 25.6 Å². The molecule has 0 radical (unpaired) electrons. The number of benzene rings is 1. The van der Waals surface area contributed by atoms with Gasteiger partial charge in [0, 0.05) is 0 Å². The van der Waals surface area contributed by atoms with Crippen LogP contribution in [0, 0.1) is 12.5 Å². The molecule has 0 bridgehead atoms. The third-order valence-corrected chi connectivity index (χ3v) is 4.10. The summed E-state index contributed by atoms with van der Waals surface area (Å²) >= 11 is 4.84. The van der Waals surface area contributed by atoms with Crippen molar-refractivity contribution >= 4 is 10.6 Å². The number of carbonyl (C=O) groups is 1. The van der Waals surface area contributed by atoms with Crippen LogP contribution in [-0.2, 0) is 40.6 Å². The van der Waals surface area contributed by atoms with Crippen LogP contribution in [-0.4, -0.2) is 35.9 Å². The van der Waals surface area contributed by atoms with Gasteiger partial charge in [-0.25, -0.2) is 0 Å². The van der Waals surface area contributed by atoms with Crippen LogP contribution in [0.5, 0.6) is 0 Å². The quantitative estimate of drug-likeness (QED) is 0.309. The number of methoxy groups -OCH3 is 1. The van der Waals surface area contributed by atoms with Gasteiger partial charge in [-0.05, 0) is 0 Å². The molecule has 0 amide bonds. The SMILES string of the molecule is O.[CH-]=C(/C=C\[C](=[Ni])OCc1ccccc1)[C@H]1C[C@@H](C(=O)OC)CCO1. The second-order valence-corrected chi connectivity index (χ2v) is 5.97. The Bertz CT molecular complexity index is 612. The van der Waals surface area contributed by atoms with Crippen LogP contribution >= 0.6 is 0 Å². The Morgan fingerprint density at radius 1 is 1.36 bits per heavy atom. The number of ether oxygens (including phenoxy) is 3. The molecule has 1 aromatic carbocycles. The van der Waals surface area contributed by atoms with Gasteiger partial charge < -0.3 is 5.48 Å². The maximum absolute atomic E-state index is 11.6. The summed E-state index contributed by atoms with van der Waals surface area (Å²) in [5.74, 6) is -0.395. The van der Waals surface area contributed by atoms with E-state index >= 15 is 0 Å². The molecule has 0 spiro atoms. The van der Waals surface area contributed by atoms with E-state index < -0.39 is 0 Å². The first-order valence-electron chi connectivity index (χ1n) is 7.76. The number of esters is 1. The minimum atomic E-state index is -0.305. The van der Waals surface area contributed by atoms with E-state index in [1.807, 2.05) is 30.3 Å². The molecule has 1 saturated heterocycles. The molecule has 1 heterocycles. The van der Waals surface area contributed by atoms with Gasteiger partial charge in [0.05, 0.1) is 0 Å². The number of hydrogen-bond acceptors (Lipinski definition) is 4. The fourth-order valence-corrected chi connectivity index (χ4v) is 2.60. The second kappa shape index (κ2) is 11.1. The average Bonchev–Trinajstić information content (AvgIpc) is 2.64. The normalized spacial score (nSPS) is 20.0. The van der Waals surface area contributed by atoms with Gasteiger partial charge in [0.15, 0.2) is 0 Å². The van der Waals surface area contributed by atoms with Crippen molar-refractivity contribution in [2.24, 2.45) is 5.92 Å². The monoisotopic (exact) mass is 389 g/mol. The van der Waals surface area contributed by atoms with Crippen LogP contribution in [0.2, 0.25) is 0 Å². The summed E-state index contributed by atoms with van der Waals surface area (Å²) in [6.45, 7) is 6.95. The summed E-state index contributed by atoms with van der Waals surface area (Å²) in [4.78, 5) is 11.6. The van der Waals surface area contributed by atoms with Gasteiger partial charge in [0.1, 0.15) is 0 Å². The van der Waals surface area contributed by atoms with E-state index in [1.165, 1.54) is 7.11 Å². The van der Waals surface area contributed by atoms with Crippen molar-refractivity contribution in [3.63, 3.8) is 0 Å². The van der Waals surface area contributed by atoms with Crippen LogP contribution in [0.25, 0.3) is 0 Å². The summed E-state index contributed by atoms with van der Waals surface area (Å²) in [6, 6.07) is 9.79. The van der Waals surface area contributed by atoms with Crippen LogP contribution in [0.4, 0.5) is 0 Å². The Hall–Kier alpha value is -1.59. The van der Waals surface area contributed by atoms with Crippen molar-refractivity contribution in [2.75, 3.05) is 13.7 Å².